The van der Waals surface area contributed by atoms with Crippen LogP contribution in [0.15, 0.2) is 24.3 Å². The molecule has 0 radical (unpaired) electrons. The van der Waals surface area contributed by atoms with Crippen LogP contribution in [0, 0.1) is 0 Å². The number of hydrogen-bond donors (Lipinski definition) is 0. The minimum absolute atomic E-state index is 0.0200. The first-order valence-corrected chi connectivity index (χ1v) is 6.78. The van der Waals surface area contributed by atoms with Gasteiger partial charge in [-0.2, -0.15) is 0 Å². The molecule has 4 nitrogen and oxygen atoms in total. The Balaban J connectivity index is 2.20. The van der Waals surface area contributed by atoms with Gasteiger partial charge in [-0.3, -0.25) is 9.59 Å². The standard InChI is InChI=1S/C14H17ClN2O2/c1-3-13(18)16-7-8-17(14(19)10(16)2)12-6-4-5-11(15)9-12/h4-6,9-10H,3,7-8H2,1-2H3. The maximum Gasteiger partial charge on any atom is 0.249 e. The number of carbonyl (C=O) groups is 2. The molecule has 0 aliphatic carbocycles. The molecule has 0 spiro atoms. The van der Waals surface area contributed by atoms with Gasteiger partial charge in [0, 0.05) is 30.2 Å². The number of amides is 2. The summed E-state index contributed by atoms with van der Waals surface area (Å²) in [6.07, 6.45) is 0.425. The first-order chi connectivity index (χ1) is 9.04. The summed E-state index contributed by atoms with van der Waals surface area (Å²) in [5.74, 6) is -0.0399. The van der Waals surface area contributed by atoms with Crippen molar-refractivity contribution in [2.75, 3.05) is 18.0 Å². The molecule has 1 unspecified atom stereocenters. The molecule has 5 heteroatoms. The molecule has 0 aromatic heterocycles. The number of anilines is 1. The topological polar surface area (TPSA) is 40.6 Å². The predicted molar refractivity (Wildman–Crippen MR) is 75.3 cm³/mol. The van der Waals surface area contributed by atoms with E-state index in [9.17, 15) is 9.59 Å². The summed E-state index contributed by atoms with van der Waals surface area (Å²) in [7, 11) is 0. The molecule has 1 aromatic carbocycles. The van der Waals surface area contributed by atoms with Gasteiger partial charge in [0.25, 0.3) is 0 Å². The highest BCUT2D eigenvalue weighted by molar-refractivity contribution is 6.30. The van der Waals surface area contributed by atoms with E-state index in [4.69, 9.17) is 11.6 Å². The zero-order valence-corrected chi connectivity index (χ0v) is 11.9. The number of piperazine rings is 1. The van der Waals surface area contributed by atoms with E-state index >= 15 is 0 Å². The van der Waals surface area contributed by atoms with E-state index in [1.54, 1.807) is 28.9 Å². The molecular weight excluding hydrogens is 264 g/mol. The van der Waals surface area contributed by atoms with Crippen molar-refractivity contribution in [2.24, 2.45) is 0 Å². The largest absolute Gasteiger partial charge is 0.329 e. The molecule has 102 valence electrons. The SMILES string of the molecule is CCC(=O)N1CCN(c2cccc(Cl)c2)C(=O)C1C. The molecule has 0 N–H and O–H groups in total. The van der Waals surface area contributed by atoms with Crippen LogP contribution in [0.2, 0.25) is 5.02 Å². The second kappa shape index (κ2) is 5.61. The number of hydrogen-bond acceptors (Lipinski definition) is 2. The van der Waals surface area contributed by atoms with Crippen LogP contribution in [-0.4, -0.2) is 35.8 Å². The number of rotatable bonds is 2. The highest BCUT2D eigenvalue weighted by Crippen LogP contribution is 2.23. The Bertz CT molecular complexity index is 504. The maximum atomic E-state index is 12.4. The van der Waals surface area contributed by atoms with E-state index in [1.165, 1.54) is 0 Å². The number of benzene rings is 1. The Morgan fingerprint density at radius 3 is 2.79 bits per heavy atom. The van der Waals surface area contributed by atoms with Crippen molar-refractivity contribution in [1.82, 2.24) is 4.90 Å². The van der Waals surface area contributed by atoms with E-state index in [0.717, 1.165) is 5.69 Å². The van der Waals surface area contributed by atoms with Crippen LogP contribution in [0.5, 0.6) is 0 Å². The maximum absolute atomic E-state index is 12.4. The minimum Gasteiger partial charge on any atom is -0.329 e. The molecule has 1 aliphatic rings. The molecule has 2 amide bonds. The van der Waals surface area contributed by atoms with E-state index in [1.807, 2.05) is 19.1 Å². The van der Waals surface area contributed by atoms with Gasteiger partial charge < -0.3 is 9.80 Å². The fraction of sp³-hybridized carbons (Fsp3) is 0.429. The van der Waals surface area contributed by atoms with Crippen molar-refractivity contribution < 1.29 is 9.59 Å². The molecule has 2 rings (SSSR count). The normalized spacial score (nSPS) is 19.7. The molecule has 1 atom stereocenters. The van der Waals surface area contributed by atoms with E-state index in [0.29, 0.717) is 24.5 Å². The summed E-state index contributed by atoms with van der Waals surface area (Å²) in [6, 6.07) is 6.80. The van der Waals surface area contributed by atoms with Crippen LogP contribution in [-0.2, 0) is 9.59 Å². The van der Waals surface area contributed by atoms with Gasteiger partial charge in [-0.25, -0.2) is 0 Å². The highest BCUT2D eigenvalue weighted by Gasteiger charge is 2.34. The van der Waals surface area contributed by atoms with Crippen molar-refractivity contribution >= 4 is 29.1 Å². The molecule has 1 heterocycles. The molecule has 1 aliphatic heterocycles. The van der Waals surface area contributed by atoms with E-state index < -0.39 is 6.04 Å². The first kappa shape index (κ1) is 13.9. The molecule has 1 aromatic rings. The van der Waals surface area contributed by atoms with Crippen LogP contribution in [0.25, 0.3) is 0 Å². The van der Waals surface area contributed by atoms with Gasteiger partial charge >= 0.3 is 0 Å². The second-order valence-corrected chi connectivity index (χ2v) is 5.02. The van der Waals surface area contributed by atoms with Gasteiger partial charge in [-0.15, -0.1) is 0 Å². The average molecular weight is 281 g/mol. The first-order valence-electron chi connectivity index (χ1n) is 6.41. The van der Waals surface area contributed by atoms with Crippen LogP contribution in [0.3, 0.4) is 0 Å². The third-order valence-corrected chi connectivity index (χ3v) is 3.63. The number of halogens is 1. The lowest BCUT2D eigenvalue weighted by Gasteiger charge is -2.39. The van der Waals surface area contributed by atoms with Crippen molar-refractivity contribution in [3.63, 3.8) is 0 Å². The van der Waals surface area contributed by atoms with Gasteiger partial charge in [0.05, 0.1) is 0 Å². The summed E-state index contributed by atoms with van der Waals surface area (Å²) in [5, 5.41) is 0.602. The lowest BCUT2D eigenvalue weighted by atomic mass is 10.1. The smallest absolute Gasteiger partial charge is 0.249 e. The Morgan fingerprint density at radius 1 is 1.42 bits per heavy atom. The van der Waals surface area contributed by atoms with Gasteiger partial charge in [0.15, 0.2) is 0 Å². The van der Waals surface area contributed by atoms with E-state index in [-0.39, 0.29) is 11.8 Å². The monoisotopic (exact) mass is 280 g/mol. The summed E-state index contributed by atoms with van der Waals surface area (Å²) in [4.78, 5) is 27.4. The number of nitrogens with zero attached hydrogens (tertiary/aromatic N) is 2. The summed E-state index contributed by atoms with van der Waals surface area (Å²) >= 11 is 5.95. The molecule has 1 saturated heterocycles. The van der Waals surface area contributed by atoms with Gasteiger partial charge in [-0.1, -0.05) is 24.6 Å². The fourth-order valence-electron chi connectivity index (χ4n) is 2.31. The molecular formula is C14H17ClN2O2. The lowest BCUT2D eigenvalue weighted by molar-refractivity contribution is -0.140. The Morgan fingerprint density at radius 2 is 2.16 bits per heavy atom. The predicted octanol–water partition coefficient (Wildman–Crippen LogP) is 2.31. The zero-order chi connectivity index (χ0) is 14.0. The van der Waals surface area contributed by atoms with E-state index in [2.05, 4.69) is 0 Å². The van der Waals surface area contributed by atoms with Crippen molar-refractivity contribution in [3.05, 3.63) is 29.3 Å². The Hall–Kier alpha value is -1.55. The Kier molecular flexibility index (Phi) is 4.10. The molecule has 19 heavy (non-hydrogen) atoms. The van der Waals surface area contributed by atoms with Crippen molar-refractivity contribution in [3.8, 4) is 0 Å². The third-order valence-electron chi connectivity index (χ3n) is 3.40. The molecule has 1 fully saturated rings. The third kappa shape index (κ3) is 2.73. The van der Waals surface area contributed by atoms with Crippen LogP contribution in [0.4, 0.5) is 5.69 Å². The summed E-state index contributed by atoms with van der Waals surface area (Å²) in [5.41, 5.74) is 0.785. The summed E-state index contributed by atoms with van der Waals surface area (Å²) < 4.78 is 0. The van der Waals surface area contributed by atoms with Gasteiger partial charge in [-0.05, 0) is 25.1 Å². The van der Waals surface area contributed by atoms with Crippen molar-refractivity contribution in [2.45, 2.75) is 26.3 Å². The van der Waals surface area contributed by atoms with Crippen molar-refractivity contribution in [1.29, 1.82) is 0 Å². The minimum atomic E-state index is -0.416. The average Bonchev–Trinajstić information content (AvgIpc) is 2.41. The lowest BCUT2D eigenvalue weighted by Crippen LogP contribution is -2.57. The van der Waals surface area contributed by atoms with Gasteiger partial charge in [0.1, 0.15) is 6.04 Å². The summed E-state index contributed by atoms with van der Waals surface area (Å²) in [6.45, 7) is 4.65. The Labute approximate surface area is 117 Å². The highest BCUT2D eigenvalue weighted by atomic mass is 35.5. The second-order valence-electron chi connectivity index (χ2n) is 4.59. The zero-order valence-electron chi connectivity index (χ0n) is 11.1. The van der Waals surface area contributed by atoms with Crippen LogP contribution in [0.1, 0.15) is 20.3 Å². The van der Waals surface area contributed by atoms with Crippen LogP contribution >= 0.6 is 11.6 Å². The quantitative estimate of drug-likeness (QED) is 0.834. The van der Waals surface area contributed by atoms with Gasteiger partial charge in [0.2, 0.25) is 11.8 Å². The molecule has 0 bridgehead atoms. The number of carbonyl (C=O) groups excluding carboxylic acids is 2. The molecule has 0 saturated carbocycles. The van der Waals surface area contributed by atoms with Crippen LogP contribution < -0.4 is 4.90 Å². The fourth-order valence-corrected chi connectivity index (χ4v) is 2.50.